The summed E-state index contributed by atoms with van der Waals surface area (Å²) in [5.41, 5.74) is 0.660. The second kappa shape index (κ2) is 5.53. The Labute approximate surface area is 103 Å². The lowest BCUT2D eigenvalue weighted by atomic mass is 10.3. The quantitative estimate of drug-likeness (QED) is 0.402. The SMILES string of the molecule is [O-]/C(=N\N=C(/[O-])c1ccncc1)c1ccncc1. The molecule has 0 bridgehead atoms. The summed E-state index contributed by atoms with van der Waals surface area (Å²) in [6, 6.07) is 5.99. The van der Waals surface area contributed by atoms with E-state index in [1.165, 1.54) is 49.1 Å². The molecular formula is C12H8N4O2-2. The Balaban J connectivity index is 2.20. The van der Waals surface area contributed by atoms with Gasteiger partial charge in [-0.25, -0.2) is 0 Å². The van der Waals surface area contributed by atoms with Crippen molar-refractivity contribution < 1.29 is 10.2 Å². The van der Waals surface area contributed by atoms with Gasteiger partial charge in [-0.1, -0.05) is 0 Å². The Bertz CT molecular complexity index is 514. The highest BCUT2D eigenvalue weighted by Crippen LogP contribution is 1.98. The third-order valence-electron chi connectivity index (χ3n) is 2.09. The maximum absolute atomic E-state index is 11.5. The van der Waals surface area contributed by atoms with Gasteiger partial charge in [0.15, 0.2) is 0 Å². The number of nitrogens with zero attached hydrogens (tertiary/aromatic N) is 4. The highest BCUT2D eigenvalue weighted by molar-refractivity contribution is 5.93. The maximum Gasteiger partial charge on any atom is 0.0274 e. The second-order valence-corrected chi connectivity index (χ2v) is 3.28. The maximum atomic E-state index is 11.5. The van der Waals surface area contributed by atoms with E-state index in [4.69, 9.17) is 0 Å². The molecule has 2 aromatic heterocycles. The highest BCUT2D eigenvalue weighted by atomic mass is 16.3. The molecule has 2 aromatic rings. The van der Waals surface area contributed by atoms with Crippen LogP contribution in [0.15, 0.2) is 59.3 Å². The lowest BCUT2D eigenvalue weighted by molar-refractivity contribution is -0.217. The smallest absolute Gasteiger partial charge is 0.0274 e. The molecule has 0 atom stereocenters. The van der Waals surface area contributed by atoms with Crippen molar-refractivity contribution in [2.24, 2.45) is 10.2 Å². The number of aromatic nitrogens is 2. The standard InChI is InChI=1S/C12H10N4O2/c17-11(9-1-5-13-6-2-9)15-16-12(18)10-3-7-14-8-4-10/h1-8H,(H,15,17)(H,16,18)/p-2. The predicted molar refractivity (Wildman–Crippen MR) is 61.5 cm³/mol. The summed E-state index contributed by atoms with van der Waals surface area (Å²) < 4.78 is 0. The van der Waals surface area contributed by atoms with Crippen LogP contribution >= 0.6 is 0 Å². The van der Waals surface area contributed by atoms with Gasteiger partial charge in [-0.15, -0.1) is 0 Å². The van der Waals surface area contributed by atoms with E-state index in [0.717, 1.165) is 0 Å². The molecule has 0 unspecified atom stereocenters. The van der Waals surface area contributed by atoms with Crippen LogP contribution in [-0.2, 0) is 0 Å². The van der Waals surface area contributed by atoms with Crippen molar-refractivity contribution in [2.45, 2.75) is 0 Å². The van der Waals surface area contributed by atoms with E-state index in [1.807, 2.05) is 0 Å². The fourth-order valence-electron chi connectivity index (χ4n) is 1.20. The number of pyridine rings is 2. The molecule has 2 rings (SSSR count). The van der Waals surface area contributed by atoms with Gasteiger partial charge in [0.1, 0.15) is 0 Å². The summed E-state index contributed by atoms with van der Waals surface area (Å²) >= 11 is 0. The minimum Gasteiger partial charge on any atom is -0.857 e. The molecule has 0 aliphatic carbocycles. The normalized spacial score (nSPS) is 12.4. The van der Waals surface area contributed by atoms with E-state index in [2.05, 4.69) is 20.2 Å². The first-order chi connectivity index (χ1) is 8.77. The molecule has 0 radical (unpaired) electrons. The molecule has 0 aliphatic heterocycles. The zero-order valence-electron chi connectivity index (χ0n) is 9.22. The van der Waals surface area contributed by atoms with Crippen LogP contribution in [0.1, 0.15) is 11.1 Å². The van der Waals surface area contributed by atoms with Gasteiger partial charge in [0.25, 0.3) is 0 Å². The topological polar surface area (TPSA) is 96.6 Å². The molecule has 6 heteroatoms. The van der Waals surface area contributed by atoms with Crippen LogP contribution in [-0.4, -0.2) is 21.8 Å². The lowest BCUT2D eigenvalue weighted by Gasteiger charge is -2.11. The first-order valence-electron chi connectivity index (χ1n) is 5.08. The van der Waals surface area contributed by atoms with Crippen LogP contribution in [0.25, 0.3) is 0 Å². The molecule has 0 N–H and O–H groups in total. The van der Waals surface area contributed by atoms with E-state index in [9.17, 15) is 10.2 Å². The third-order valence-corrected chi connectivity index (χ3v) is 2.09. The molecule has 0 aromatic carbocycles. The third kappa shape index (κ3) is 2.88. The Hall–Kier alpha value is -2.76. The van der Waals surface area contributed by atoms with Gasteiger partial charge in [0, 0.05) is 36.6 Å². The molecular weight excluding hydrogens is 232 g/mol. The number of hydrogen-bond acceptors (Lipinski definition) is 6. The van der Waals surface area contributed by atoms with Crippen molar-refractivity contribution in [2.75, 3.05) is 0 Å². The van der Waals surface area contributed by atoms with Crippen LogP contribution in [0.4, 0.5) is 0 Å². The Morgan fingerprint density at radius 1 is 0.722 bits per heavy atom. The van der Waals surface area contributed by atoms with E-state index < -0.39 is 11.8 Å². The molecule has 90 valence electrons. The molecule has 0 fully saturated rings. The minimum absolute atomic E-state index is 0.330. The van der Waals surface area contributed by atoms with Crippen molar-refractivity contribution in [1.82, 2.24) is 9.97 Å². The average Bonchev–Trinajstić information content (AvgIpc) is 2.46. The molecule has 0 saturated heterocycles. The van der Waals surface area contributed by atoms with Crippen LogP contribution in [0.5, 0.6) is 0 Å². The highest BCUT2D eigenvalue weighted by Gasteiger charge is 1.91. The van der Waals surface area contributed by atoms with E-state index in [0.29, 0.717) is 11.1 Å². The lowest BCUT2D eigenvalue weighted by Crippen LogP contribution is -2.21. The van der Waals surface area contributed by atoms with Gasteiger partial charge in [0.05, 0.1) is 0 Å². The van der Waals surface area contributed by atoms with Gasteiger partial charge >= 0.3 is 0 Å². The summed E-state index contributed by atoms with van der Waals surface area (Å²) in [6.07, 6.45) is 5.86. The summed E-state index contributed by atoms with van der Waals surface area (Å²) in [5.74, 6) is -1.17. The Morgan fingerprint density at radius 2 is 1.06 bits per heavy atom. The van der Waals surface area contributed by atoms with Crippen LogP contribution in [0.3, 0.4) is 0 Å². The van der Waals surface area contributed by atoms with Crippen molar-refractivity contribution >= 4 is 11.8 Å². The molecule has 0 amide bonds. The van der Waals surface area contributed by atoms with E-state index in [-0.39, 0.29) is 0 Å². The summed E-state index contributed by atoms with van der Waals surface area (Å²) in [6.45, 7) is 0. The van der Waals surface area contributed by atoms with Crippen LogP contribution in [0.2, 0.25) is 0 Å². The van der Waals surface area contributed by atoms with Crippen LogP contribution in [0, 0.1) is 0 Å². The second-order valence-electron chi connectivity index (χ2n) is 3.28. The van der Waals surface area contributed by atoms with E-state index in [1.54, 1.807) is 0 Å². The van der Waals surface area contributed by atoms with Crippen molar-refractivity contribution in [3.8, 4) is 0 Å². The Morgan fingerprint density at radius 3 is 1.39 bits per heavy atom. The largest absolute Gasteiger partial charge is 0.857 e. The summed E-state index contributed by atoms with van der Waals surface area (Å²) in [4.78, 5) is 7.54. The predicted octanol–water partition coefficient (Wildman–Crippen LogP) is -0.694. The number of hydrogen-bond donors (Lipinski definition) is 0. The fourth-order valence-corrected chi connectivity index (χ4v) is 1.20. The molecule has 0 saturated carbocycles. The first kappa shape index (κ1) is 11.7. The summed E-state index contributed by atoms with van der Waals surface area (Å²) in [7, 11) is 0. The van der Waals surface area contributed by atoms with Gasteiger partial charge in [-0.3, -0.25) is 9.97 Å². The van der Waals surface area contributed by atoms with Crippen LogP contribution < -0.4 is 10.2 Å². The molecule has 6 nitrogen and oxygen atoms in total. The van der Waals surface area contributed by atoms with Gasteiger partial charge in [0.2, 0.25) is 0 Å². The molecule has 18 heavy (non-hydrogen) atoms. The average molecular weight is 240 g/mol. The number of rotatable bonds is 3. The van der Waals surface area contributed by atoms with Gasteiger partial charge in [-0.05, 0) is 35.4 Å². The fraction of sp³-hybridized carbons (Fsp3) is 0. The molecule has 2 heterocycles. The van der Waals surface area contributed by atoms with Crippen molar-refractivity contribution in [3.05, 3.63) is 60.2 Å². The van der Waals surface area contributed by atoms with Gasteiger partial charge < -0.3 is 10.2 Å². The van der Waals surface area contributed by atoms with Gasteiger partial charge in [-0.2, -0.15) is 10.2 Å². The zero-order chi connectivity index (χ0) is 12.8. The van der Waals surface area contributed by atoms with E-state index >= 15 is 0 Å². The summed E-state index contributed by atoms with van der Waals surface area (Å²) in [5, 5.41) is 29.8. The Kier molecular flexibility index (Phi) is 3.60. The first-order valence-corrected chi connectivity index (χ1v) is 5.08. The molecule has 0 spiro atoms. The monoisotopic (exact) mass is 240 g/mol. The van der Waals surface area contributed by atoms with Crippen molar-refractivity contribution in [3.63, 3.8) is 0 Å². The molecule has 0 aliphatic rings. The van der Waals surface area contributed by atoms with Crippen molar-refractivity contribution in [1.29, 1.82) is 0 Å². The minimum atomic E-state index is -0.584. The zero-order valence-corrected chi connectivity index (χ0v) is 9.22.